The molecule has 2 aliphatic rings. The third kappa shape index (κ3) is 8.66. The molecule has 0 saturated carbocycles. The van der Waals surface area contributed by atoms with Gasteiger partial charge >= 0.3 is 5.97 Å². The third-order valence-corrected chi connectivity index (χ3v) is 8.81. The highest BCUT2D eigenvalue weighted by molar-refractivity contribution is 5.86. The molecule has 2 heterocycles. The summed E-state index contributed by atoms with van der Waals surface area (Å²) in [6.07, 6.45) is 9.19. The molecule has 2 aromatic rings. The molecule has 0 bridgehead atoms. The van der Waals surface area contributed by atoms with Crippen LogP contribution < -0.4 is 0 Å². The van der Waals surface area contributed by atoms with Gasteiger partial charge in [-0.05, 0) is 68.1 Å². The summed E-state index contributed by atoms with van der Waals surface area (Å²) in [4.78, 5) is 44.1. The van der Waals surface area contributed by atoms with E-state index in [0.29, 0.717) is 38.8 Å². The summed E-state index contributed by atoms with van der Waals surface area (Å²) in [5.41, 5.74) is 3.31. The van der Waals surface area contributed by atoms with Crippen molar-refractivity contribution in [1.82, 2.24) is 9.80 Å². The number of rotatable bonds is 15. The summed E-state index contributed by atoms with van der Waals surface area (Å²) in [6.45, 7) is 8.66. The first-order valence-corrected chi connectivity index (χ1v) is 15.6. The van der Waals surface area contributed by atoms with E-state index in [1.54, 1.807) is 15.9 Å². The van der Waals surface area contributed by atoms with Crippen LogP contribution >= 0.6 is 0 Å². The van der Waals surface area contributed by atoms with Gasteiger partial charge in [0, 0.05) is 19.5 Å². The standard InChI is InChI=1S/C36H46N2O5/c1-3-5-7-17-30(21-27-14-8-6-9-15-27)36(42)43-26-32-19-12-20-37(32)35(41)29(13-4-2)23-34(40)38-24-31-18-11-10-16-28(31)22-33(38)25-39/h3-4,6,8-11,14-16,18,29-30,32-33,39H,1-2,5,7,12-13,17,19-26H2/t29-,30-,32+,33+/m1/s1. The number of hydrogen-bond acceptors (Lipinski definition) is 5. The average molecular weight is 587 g/mol. The van der Waals surface area contributed by atoms with E-state index >= 15 is 0 Å². The van der Waals surface area contributed by atoms with Gasteiger partial charge in [0.25, 0.3) is 0 Å². The molecule has 7 heteroatoms. The van der Waals surface area contributed by atoms with Gasteiger partial charge in [0.1, 0.15) is 6.61 Å². The maximum absolute atomic E-state index is 13.8. The van der Waals surface area contributed by atoms with Gasteiger partial charge in [-0.1, -0.05) is 66.7 Å². The van der Waals surface area contributed by atoms with Crippen molar-refractivity contribution >= 4 is 17.8 Å². The van der Waals surface area contributed by atoms with Crippen molar-refractivity contribution in [2.45, 2.75) is 76.4 Å². The number of likely N-dealkylation sites (tertiary alicyclic amines) is 1. The van der Waals surface area contributed by atoms with Crippen LogP contribution in [-0.4, -0.2) is 64.5 Å². The fraction of sp³-hybridized carbons (Fsp3) is 0.472. The van der Waals surface area contributed by atoms with Gasteiger partial charge in [-0.3, -0.25) is 14.4 Å². The van der Waals surface area contributed by atoms with Gasteiger partial charge in [-0.2, -0.15) is 0 Å². The van der Waals surface area contributed by atoms with E-state index in [1.807, 2.05) is 60.7 Å². The van der Waals surface area contributed by atoms with Crippen LogP contribution in [0.2, 0.25) is 0 Å². The number of unbranched alkanes of at least 4 members (excludes halogenated alkanes) is 1. The molecule has 230 valence electrons. The molecular weight excluding hydrogens is 540 g/mol. The maximum Gasteiger partial charge on any atom is 0.309 e. The lowest BCUT2D eigenvalue weighted by Gasteiger charge is -2.37. The minimum Gasteiger partial charge on any atom is -0.463 e. The monoisotopic (exact) mass is 586 g/mol. The summed E-state index contributed by atoms with van der Waals surface area (Å²) in [5, 5.41) is 10.0. The summed E-state index contributed by atoms with van der Waals surface area (Å²) in [5.74, 6) is -1.28. The Bertz CT molecular complexity index is 1250. The number of benzene rings is 2. The quantitative estimate of drug-likeness (QED) is 0.175. The van der Waals surface area contributed by atoms with Crippen LogP contribution in [0.4, 0.5) is 0 Å². The lowest BCUT2D eigenvalue weighted by molar-refractivity contribution is -0.153. The van der Waals surface area contributed by atoms with Gasteiger partial charge in [0.15, 0.2) is 0 Å². The largest absolute Gasteiger partial charge is 0.463 e. The SMILES string of the molecule is C=CCCC[C@H](Cc1ccccc1)C(=O)OC[C@@H]1CCCN1C(=O)[C@H](CC=C)CC(=O)N1Cc2ccccc2C[C@H]1CO. The Balaban J connectivity index is 1.38. The van der Waals surface area contributed by atoms with Crippen LogP contribution in [0.15, 0.2) is 79.9 Å². The molecule has 0 radical (unpaired) electrons. The molecule has 43 heavy (non-hydrogen) atoms. The van der Waals surface area contributed by atoms with E-state index in [-0.39, 0.29) is 55.4 Å². The number of ether oxygens (including phenoxy) is 1. The van der Waals surface area contributed by atoms with E-state index in [1.165, 1.54) is 0 Å². The maximum atomic E-state index is 13.8. The highest BCUT2D eigenvalue weighted by atomic mass is 16.5. The molecule has 2 aromatic carbocycles. The number of esters is 1. The molecular formula is C36H46N2O5. The molecule has 0 spiro atoms. The van der Waals surface area contributed by atoms with Crippen molar-refractivity contribution in [2.24, 2.45) is 11.8 Å². The Hall–Kier alpha value is -3.71. The van der Waals surface area contributed by atoms with E-state index in [0.717, 1.165) is 42.4 Å². The molecule has 0 aliphatic carbocycles. The number of nitrogens with zero attached hydrogens (tertiary/aromatic N) is 2. The number of carbonyl (C=O) groups is 3. The van der Waals surface area contributed by atoms with Crippen LogP contribution in [0, 0.1) is 11.8 Å². The number of allylic oxidation sites excluding steroid dienone is 2. The van der Waals surface area contributed by atoms with Crippen LogP contribution in [-0.2, 0) is 38.5 Å². The lowest BCUT2D eigenvalue weighted by Crippen LogP contribution is -2.48. The Morgan fingerprint density at radius 3 is 2.42 bits per heavy atom. The fourth-order valence-corrected chi connectivity index (χ4v) is 6.38. The second kappa shape index (κ2) is 16.2. The number of hydrogen-bond donors (Lipinski definition) is 1. The van der Waals surface area contributed by atoms with Crippen LogP contribution in [0.5, 0.6) is 0 Å². The highest BCUT2D eigenvalue weighted by Gasteiger charge is 2.37. The Morgan fingerprint density at radius 2 is 1.70 bits per heavy atom. The molecule has 1 fully saturated rings. The molecule has 0 aromatic heterocycles. The van der Waals surface area contributed by atoms with Crippen molar-refractivity contribution < 1.29 is 24.2 Å². The first-order chi connectivity index (χ1) is 20.9. The minimum atomic E-state index is -0.553. The number of fused-ring (bicyclic) bond motifs is 1. The van der Waals surface area contributed by atoms with Crippen molar-refractivity contribution in [3.63, 3.8) is 0 Å². The second-order valence-electron chi connectivity index (χ2n) is 11.8. The number of amides is 2. The Labute approximate surface area is 256 Å². The third-order valence-electron chi connectivity index (χ3n) is 8.81. The molecule has 4 rings (SSSR count). The van der Waals surface area contributed by atoms with Crippen LogP contribution in [0.3, 0.4) is 0 Å². The zero-order valence-electron chi connectivity index (χ0n) is 25.2. The van der Waals surface area contributed by atoms with Crippen molar-refractivity contribution in [2.75, 3.05) is 19.8 Å². The molecule has 1 N–H and O–H groups in total. The van der Waals surface area contributed by atoms with E-state index in [9.17, 15) is 19.5 Å². The first kappa shape index (κ1) is 32.2. The van der Waals surface area contributed by atoms with Gasteiger partial charge in [-0.15, -0.1) is 13.2 Å². The van der Waals surface area contributed by atoms with Crippen molar-refractivity contribution in [1.29, 1.82) is 0 Å². The van der Waals surface area contributed by atoms with Gasteiger partial charge in [-0.25, -0.2) is 0 Å². The first-order valence-electron chi connectivity index (χ1n) is 15.6. The smallest absolute Gasteiger partial charge is 0.309 e. The zero-order chi connectivity index (χ0) is 30.6. The lowest BCUT2D eigenvalue weighted by atomic mass is 9.92. The van der Waals surface area contributed by atoms with Crippen molar-refractivity contribution in [3.05, 3.63) is 96.6 Å². The van der Waals surface area contributed by atoms with Gasteiger partial charge in [0.05, 0.1) is 30.5 Å². The molecule has 2 amide bonds. The fourth-order valence-electron chi connectivity index (χ4n) is 6.38. The molecule has 0 unspecified atom stereocenters. The summed E-state index contributed by atoms with van der Waals surface area (Å²) < 4.78 is 5.87. The van der Waals surface area contributed by atoms with Crippen LogP contribution in [0.1, 0.15) is 61.6 Å². The second-order valence-corrected chi connectivity index (χ2v) is 11.8. The normalized spacial score (nSPS) is 19.3. The van der Waals surface area contributed by atoms with Crippen molar-refractivity contribution in [3.8, 4) is 0 Å². The number of aliphatic hydroxyl groups excluding tert-OH is 1. The Morgan fingerprint density at radius 1 is 0.953 bits per heavy atom. The minimum absolute atomic E-state index is 0.0506. The molecule has 2 aliphatic heterocycles. The predicted octanol–water partition coefficient (Wildman–Crippen LogP) is 5.26. The summed E-state index contributed by atoms with van der Waals surface area (Å²) in [7, 11) is 0. The summed E-state index contributed by atoms with van der Waals surface area (Å²) in [6, 6.07) is 17.4. The predicted molar refractivity (Wildman–Crippen MR) is 168 cm³/mol. The van der Waals surface area contributed by atoms with Gasteiger partial charge in [0.2, 0.25) is 11.8 Å². The van der Waals surface area contributed by atoms with E-state index < -0.39 is 5.92 Å². The topological polar surface area (TPSA) is 87.2 Å². The van der Waals surface area contributed by atoms with Gasteiger partial charge < -0.3 is 19.6 Å². The molecule has 4 atom stereocenters. The summed E-state index contributed by atoms with van der Waals surface area (Å²) >= 11 is 0. The van der Waals surface area contributed by atoms with Crippen LogP contribution in [0.25, 0.3) is 0 Å². The van der Waals surface area contributed by atoms with E-state index in [4.69, 9.17) is 4.74 Å². The number of aliphatic hydroxyl groups is 1. The highest BCUT2D eigenvalue weighted by Crippen LogP contribution is 2.28. The zero-order valence-corrected chi connectivity index (χ0v) is 25.2. The average Bonchev–Trinajstić information content (AvgIpc) is 3.51. The number of carbonyl (C=O) groups excluding carboxylic acids is 3. The Kier molecular flexibility index (Phi) is 12.2. The molecule has 7 nitrogen and oxygen atoms in total. The molecule has 1 saturated heterocycles. The van der Waals surface area contributed by atoms with E-state index in [2.05, 4.69) is 13.2 Å².